The second-order valence-electron chi connectivity index (χ2n) is 3.21. The summed E-state index contributed by atoms with van der Waals surface area (Å²) in [6.07, 6.45) is 2.07. The molecule has 2 rings (SSSR count). The SMILES string of the molecule is Cc1ccn2c(C)c(C)nc2c1. The summed E-state index contributed by atoms with van der Waals surface area (Å²) >= 11 is 0. The maximum atomic E-state index is 4.44. The second kappa shape index (κ2) is 2.34. The number of pyridine rings is 1. The van der Waals surface area contributed by atoms with E-state index < -0.39 is 0 Å². The molecule has 0 bridgehead atoms. The first-order valence-electron chi connectivity index (χ1n) is 4.10. The number of nitrogens with zero attached hydrogens (tertiary/aromatic N) is 2. The van der Waals surface area contributed by atoms with Gasteiger partial charge in [0, 0.05) is 11.9 Å². The molecule has 0 unspecified atom stereocenters. The van der Waals surface area contributed by atoms with Crippen LogP contribution in [0.5, 0.6) is 0 Å². The molecule has 2 aromatic rings. The molecule has 0 saturated heterocycles. The summed E-state index contributed by atoms with van der Waals surface area (Å²) in [5.41, 5.74) is 4.64. The van der Waals surface area contributed by atoms with Crippen molar-refractivity contribution < 1.29 is 0 Å². The van der Waals surface area contributed by atoms with Gasteiger partial charge in [0.1, 0.15) is 5.65 Å². The first-order chi connectivity index (χ1) is 5.68. The van der Waals surface area contributed by atoms with Crippen LogP contribution in [-0.2, 0) is 0 Å². The number of rotatable bonds is 0. The van der Waals surface area contributed by atoms with Crippen molar-refractivity contribution in [2.45, 2.75) is 20.8 Å². The van der Waals surface area contributed by atoms with Crippen LogP contribution in [0.2, 0.25) is 0 Å². The van der Waals surface area contributed by atoms with Crippen LogP contribution < -0.4 is 0 Å². The fourth-order valence-corrected chi connectivity index (χ4v) is 1.39. The van der Waals surface area contributed by atoms with Crippen LogP contribution in [0.1, 0.15) is 17.0 Å². The highest BCUT2D eigenvalue weighted by atomic mass is 15.0. The molecule has 2 heterocycles. The van der Waals surface area contributed by atoms with E-state index in [4.69, 9.17) is 0 Å². The van der Waals surface area contributed by atoms with Gasteiger partial charge in [0.05, 0.1) is 5.69 Å². The van der Waals surface area contributed by atoms with E-state index in [0.717, 1.165) is 11.3 Å². The summed E-state index contributed by atoms with van der Waals surface area (Å²) in [6, 6.07) is 4.20. The molecule has 2 heteroatoms. The smallest absolute Gasteiger partial charge is 0.137 e. The molecule has 2 nitrogen and oxygen atoms in total. The first kappa shape index (κ1) is 7.35. The Kier molecular flexibility index (Phi) is 1.43. The van der Waals surface area contributed by atoms with Gasteiger partial charge in [-0.05, 0) is 38.5 Å². The van der Waals surface area contributed by atoms with Gasteiger partial charge in [-0.2, -0.15) is 0 Å². The van der Waals surface area contributed by atoms with Crippen molar-refractivity contribution in [2.24, 2.45) is 0 Å². The predicted molar refractivity (Wildman–Crippen MR) is 49.4 cm³/mol. The van der Waals surface area contributed by atoms with Crippen molar-refractivity contribution in [3.05, 3.63) is 35.3 Å². The molecular formula is C10H12N2. The molecule has 0 spiro atoms. The molecule has 12 heavy (non-hydrogen) atoms. The van der Waals surface area contributed by atoms with Gasteiger partial charge in [-0.3, -0.25) is 0 Å². The van der Waals surface area contributed by atoms with Crippen molar-refractivity contribution in [2.75, 3.05) is 0 Å². The number of aryl methyl sites for hydroxylation is 3. The van der Waals surface area contributed by atoms with Gasteiger partial charge in [0.15, 0.2) is 0 Å². The third kappa shape index (κ3) is 0.916. The Morgan fingerprint density at radius 1 is 1.25 bits per heavy atom. The number of aromatic nitrogens is 2. The fourth-order valence-electron chi connectivity index (χ4n) is 1.39. The Hall–Kier alpha value is -1.31. The highest BCUT2D eigenvalue weighted by molar-refractivity contribution is 5.44. The minimum Gasteiger partial charge on any atom is -0.304 e. The quantitative estimate of drug-likeness (QED) is 0.577. The van der Waals surface area contributed by atoms with E-state index in [9.17, 15) is 0 Å². The van der Waals surface area contributed by atoms with Crippen LogP contribution in [0, 0.1) is 20.8 Å². The predicted octanol–water partition coefficient (Wildman–Crippen LogP) is 2.26. The zero-order chi connectivity index (χ0) is 8.72. The average molecular weight is 160 g/mol. The van der Waals surface area contributed by atoms with Gasteiger partial charge in [0.25, 0.3) is 0 Å². The minimum absolute atomic E-state index is 1.05. The van der Waals surface area contributed by atoms with Gasteiger partial charge in [0.2, 0.25) is 0 Å². The van der Waals surface area contributed by atoms with Crippen molar-refractivity contribution in [3.63, 3.8) is 0 Å². The third-order valence-electron chi connectivity index (χ3n) is 2.26. The van der Waals surface area contributed by atoms with Gasteiger partial charge >= 0.3 is 0 Å². The number of hydrogen-bond acceptors (Lipinski definition) is 1. The van der Waals surface area contributed by atoms with Crippen molar-refractivity contribution in [3.8, 4) is 0 Å². The topological polar surface area (TPSA) is 17.3 Å². The van der Waals surface area contributed by atoms with E-state index >= 15 is 0 Å². The molecule has 0 N–H and O–H groups in total. The van der Waals surface area contributed by atoms with E-state index in [1.807, 2.05) is 6.92 Å². The minimum atomic E-state index is 1.05. The van der Waals surface area contributed by atoms with Crippen molar-refractivity contribution in [1.29, 1.82) is 0 Å². The zero-order valence-corrected chi connectivity index (χ0v) is 7.63. The lowest BCUT2D eigenvalue weighted by atomic mass is 10.3. The largest absolute Gasteiger partial charge is 0.304 e. The van der Waals surface area contributed by atoms with Crippen LogP contribution >= 0.6 is 0 Å². The molecule has 62 valence electrons. The summed E-state index contributed by atoms with van der Waals surface area (Å²) in [5.74, 6) is 0. The van der Waals surface area contributed by atoms with Crippen LogP contribution in [0.3, 0.4) is 0 Å². The molecule has 0 aliphatic carbocycles. The molecule has 0 amide bonds. The van der Waals surface area contributed by atoms with E-state index in [1.165, 1.54) is 11.3 Å². The van der Waals surface area contributed by atoms with E-state index in [0.29, 0.717) is 0 Å². The lowest BCUT2D eigenvalue weighted by Gasteiger charge is -1.96. The fraction of sp³-hybridized carbons (Fsp3) is 0.300. The van der Waals surface area contributed by atoms with Gasteiger partial charge < -0.3 is 4.40 Å². The molecule has 0 aliphatic rings. The van der Waals surface area contributed by atoms with Gasteiger partial charge in [-0.25, -0.2) is 4.98 Å². The summed E-state index contributed by atoms with van der Waals surface area (Å²) in [7, 11) is 0. The molecular weight excluding hydrogens is 148 g/mol. The maximum absolute atomic E-state index is 4.44. The Balaban J connectivity index is 2.87. The standard InChI is InChI=1S/C10H12N2/c1-7-4-5-12-9(3)8(2)11-10(12)6-7/h4-6H,1-3H3. The monoisotopic (exact) mass is 160 g/mol. The molecule has 0 aliphatic heterocycles. The Morgan fingerprint density at radius 3 is 2.75 bits per heavy atom. The third-order valence-corrected chi connectivity index (χ3v) is 2.26. The Bertz CT molecular complexity index is 427. The molecule has 0 aromatic carbocycles. The molecule has 0 fully saturated rings. The summed E-state index contributed by atoms with van der Waals surface area (Å²) in [5, 5.41) is 0. The van der Waals surface area contributed by atoms with E-state index in [1.54, 1.807) is 0 Å². The normalized spacial score (nSPS) is 10.9. The lowest BCUT2D eigenvalue weighted by Crippen LogP contribution is -1.86. The maximum Gasteiger partial charge on any atom is 0.137 e. The van der Waals surface area contributed by atoms with Crippen LogP contribution in [-0.4, -0.2) is 9.38 Å². The van der Waals surface area contributed by atoms with Crippen LogP contribution in [0.15, 0.2) is 18.3 Å². The summed E-state index contributed by atoms with van der Waals surface area (Å²) in [6.45, 7) is 6.21. The Labute approximate surface area is 71.9 Å². The molecule has 0 saturated carbocycles. The second-order valence-corrected chi connectivity index (χ2v) is 3.21. The van der Waals surface area contributed by atoms with Crippen molar-refractivity contribution >= 4 is 5.65 Å². The Morgan fingerprint density at radius 2 is 2.00 bits per heavy atom. The number of imidazole rings is 1. The van der Waals surface area contributed by atoms with E-state index in [-0.39, 0.29) is 0 Å². The number of hydrogen-bond donors (Lipinski definition) is 0. The molecule has 2 aromatic heterocycles. The first-order valence-corrected chi connectivity index (χ1v) is 4.10. The number of fused-ring (bicyclic) bond motifs is 1. The zero-order valence-electron chi connectivity index (χ0n) is 7.63. The summed E-state index contributed by atoms with van der Waals surface area (Å²) < 4.78 is 2.11. The van der Waals surface area contributed by atoms with Crippen molar-refractivity contribution in [1.82, 2.24) is 9.38 Å². The lowest BCUT2D eigenvalue weighted by molar-refractivity contribution is 1.09. The van der Waals surface area contributed by atoms with Gasteiger partial charge in [-0.1, -0.05) is 0 Å². The molecule has 0 atom stereocenters. The summed E-state index contributed by atoms with van der Waals surface area (Å²) in [4.78, 5) is 4.44. The van der Waals surface area contributed by atoms with Gasteiger partial charge in [-0.15, -0.1) is 0 Å². The highest BCUT2D eigenvalue weighted by Crippen LogP contribution is 2.11. The molecule has 0 radical (unpaired) electrons. The van der Waals surface area contributed by atoms with E-state index in [2.05, 4.69) is 41.6 Å². The van der Waals surface area contributed by atoms with Crippen LogP contribution in [0.4, 0.5) is 0 Å². The highest BCUT2D eigenvalue weighted by Gasteiger charge is 2.02. The average Bonchev–Trinajstić information content (AvgIpc) is 2.28. The van der Waals surface area contributed by atoms with Crippen LogP contribution in [0.25, 0.3) is 5.65 Å².